The van der Waals surface area contributed by atoms with Gasteiger partial charge in [0.15, 0.2) is 0 Å². The van der Waals surface area contributed by atoms with Crippen molar-refractivity contribution in [2.75, 3.05) is 0 Å². The van der Waals surface area contributed by atoms with Gasteiger partial charge in [-0.3, -0.25) is 0 Å². The molecular weight excluding hydrogens is 287 g/mol. The van der Waals surface area contributed by atoms with Crippen LogP contribution in [-0.2, 0) is 0 Å². The molecule has 0 bridgehead atoms. The van der Waals surface area contributed by atoms with E-state index in [-0.39, 0.29) is 6.10 Å². The molecule has 1 saturated heterocycles. The number of hydrogen-bond donors (Lipinski definition) is 1. The van der Waals surface area contributed by atoms with E-state index in [1.807, 2.05) is 12.1 Å². The third-order valence-corrected chi connectivity index (χ3v) is 6.43. The third kappa shape index (κ3) is 3.01. The van der Waals surface area contributed by atoms with Crippen molar-refractivity contribution >= 4 is 26.6 Å². The Morgan fingerprint density at radius 2 is 1.94 bits per heavy atom. The Morgan fingerprint density at radius 1 is 1.31 bits per heavy atom. The fraction of sp³-hybridized carbons (Fsp3) is 0.538. The van der Waals surface area contributed by atoms with E-state index in [2.05, 4.69) is 26.0 Å². The summed E-state index contributed by atoms with van der Waals surface area (Å²) in [6.45, 7) is 4.52. The van der Waals surface area contributed by atoms with E-state index >= 15 is 0 Å². The van der Waals surface area contributed by atoms with Crippen LogP contribution in [0.2, 0.25) is 9.34 Å². The molecule has 1 aromatic rings. The van der Waals surface area contributed by atoms with Gasteiger partial charge in [0.1, 0.15) is 0 Å². The Morgan fingerprint density at radius 3 is 2.50 bits per heavy atom. The molecule has 1 aromatic carbocycles. The molecule has 1 heterocycles. The van der Waals surface area contributed by atoms with Gasteiger partial charge >= 0.3 is 108 Å². The summed E-state index contributed by atoms with van der Waals surface area (Å²) in [4.78, 5) is 0.531. The Bertz CT molecular complexity index is 361. The Balaban J connectivity index is 2.17. The summed E-state index contributed by atoms with van der Waals surface area (Å²) in [7, 11) is 0. The van der Waals surface area contributed by atoms with Gasteiger partial charge in [-0.05, 0) is 0 Å². The topological polar surface area (TPSA) is 20.2 Å². The van der Waals surface area contributed by atoms with E-state index in [4.69, 9.17) is 11.6 Å². The number of benzene rings is 1. The average molecular weight is 304 g/mol. The van der Waals surface area contributed by atoms with Crippen LogP contribution in [0, 0.1) is 0 Å². The van der Waals surface area contributed by atoms with Gasteiger partial charge < -0.3 is 0 Å². The molecule has 16 heavy (non-hydrogen) atoms. The van der Waals surface area contributed by atoms with Crippen LogP contribution in [0.5, 0.6) is 0 Å². The molecule has 1 aliphatic heterocycles. The molecule has 0 saturated carbocycles. The molecule has 1 fully saturated rings. The molecule has 3 heteroatoms. The molecule has 1 N–H and O–H groups in total. The van der Waals surface area contributed by atoms with Crippen LogP contribution in [0.4, 0.5) is 0 Å². The summed E-state index contributed by atoms with van der Waals surface area (Å²) in [5.41, 5.74) is 1.33. The number of rotatable bonds is 1. The molecule has 88 valence electrons. The fourth-order valence-corrected chi connectivity index (χ4v) is 5.89. The molecule has 0 radical (unpaired) electrons. The van der Waals surface area contributed by atoms with Crippen LogP contribution in [0.1, 0.15) is 37.1 Å². The summed E-state index contributed by atoms with van der Waals surface area (Å²) in [5.74, 6) is 0. The second-order valence-electron chi connectivity index (χ2n) is 5.01. The van der Waals surface area contributed by atoms with Crippen LogP contribution >= 0.6 is 11.6 Å². The second-order valence-corrected chi connectivity index (χ2v) is 9.45. The van der Waals surface area contributed by atoms with E-state index in [1.165, 1.54) is 5.56 Å². The minimum absolute atomic E-state index is 0.147. The zero-order valence-corrected chi connectivity index (χ0v) is 12.1. The molecule has 1 nitrogen and oxygen atoms in total. The van der Waals surface area contributed by atoms with Gasteiger partial charge in [0.2, 0.25) is 0 Å². The maximum atomic E-state index is 9.92. The van der Waals surface area contributed by atoms with Crippen molar-refractivity contribution in [2.45, 2.75) is 41.9 Å². The zero-order chi connectivity index (χ0) is 11.8. The van der Waals surface area contributed by atoms with Crippen molar-refractivity contribution < 1.29 is 5.11 Å². The molecule has 2 rings (SSSR count). The van der Waals surface area contributed by atoms with E-state index in [0.717, 1.165) is 17.9 Å². The zero-order valence-electron chi connectivity index (χ0n) is 9.61. The van der Waals surface area contributed by atoms with Gasteiger partial charge in [0.25, 0.3) is 0 Å². The summed E-state index contributed by atoms with van der Waals surface area (Å²) >= 11 is 6.43. The molecule has 0 amide bonds. The van der Waals surface area contributed by atoms with Crippen LogP contribution in [-0.4, -0.2) is 26.2 Å². The van der Waals surface area contributed by atoms with Gasteiger partial charge in [0, 0.05) is 0 Å². The van der Waals surface area contributed by atoms with Crippen LogP contribution < -0.4 is 0 Å². The van der Waals surface area contributed by atoms with Gasteiger partial charge in [-0.25, -0.2) is 0 Å². The van der Waals surface area contributed by atoms with Crippen molar-refractivity contribution in [3.63, 3.8) is 0 Å². The fourth-order valence-electron chi connectivity index (χ4n) is 2.26. The third-order valence-electron chi connectivity index (χ3n) is 2.92. The van der Waals surface area contributed by atoms with Crippen molar-refractivity contribution in [3.8, 4) is 0 Å². The maximum absolute atomic E-state index is 9.92. The van der Waals surface area contributed by atoms with Crippen LogP contribution in [0.25, 0.3) is 0 Å². The average Bonchev–Trinajstić information content (AvgIpc) is 2.15. The summed E-state index contributed by atoms with van der Waals surface area (Å²) in [6.07, 6.45) is 1.70. The predicted molar refractivity (Wildman–Crippen MR) is 69.2 cm³/mol. The van der Waals surface area contributed by atoms with Crippen molar-refractivity contribution in [1.29, 1.82) is 0 Å². The van der Waals surface area contributed by atoms with Gasteiger partial charge in [-0.1, -0.05) is 0 Å². The quantitative estimate of drug-likeness (QED) is 0.788. The van der Waals surface area contributed by atoms with E-state index in [1.54, 1.807) is 0 Å². The molecule has 0 unspecified atom stereocenters. The van der Waals surface area contributed by atoms with Crippen LogP contribution in [0.15, 0.2) is 24.3 Å². The molecule has 0 aliphatic carbocycles. The van der Waals surface area contributed by atoms with Gasteiger partial charge in [-0.2, -0.15) is 0 Å². The summed E-state index contributed by atoms with van der Waals surface area (Å²) in [5, 5.41) is 10.7. The number of halogens is 1. The molecule has 2 atom stereocenters. The first-order chi connectivity index (χ1) is 7.46. The first-order valence-corrected chi connectivity index (χ1v) is 7.80. The monoisotopic (exact) mass is 304 g/mol. The molecule has 0 spiro atoms. The number of hydrogen-bond acceptors (Lipinski definition) is 1. The Kier molecular flexibility index (Phi) is 3.65. The van der Waals surface area contributed by atoms with Crippen LogP contribution in [0.3, 0.4) is 0 Å². The first kappa shape index (κ1) is 12.4. The standard InChI is InChI=1S/C13H17ClOSe/c1-13(2)8-11(15)7-12(16-13)9-3-5-10(14)6-4-9/h3-6,11-12,15H,7-8H2,1-2H3/t11-,12-/m0/s1. The Hall–Kier alpha value is -0.0105. The van der Waals surface area contributed by atoms with Gasteiger partial charge in [-0.15, -0.1) is 0 Å². The summed E-state index contributed by atoms with van der Waals surface area (Å²) in [6, 6.07) is 8.09. The molecule has 1 aliphatic rings. The van der Waals surface area contributed by atoms with Crippen molar-refractivity contribution in [1.82, 2.24) is 0 Å². The first-order valence-electron chi connectivity index (χ1n) is 5.58. The molecular formula is C13H17ClOSe. The van der Waals surface area contributed by atoms with Crippen molar-refractivity contribution in [3.05, 3.63) is 34.9 Å². The number of aliphatic hydroxyl groups excluding tert-OH is 1. The normalized spacial score (nSPS) is 29.0. The van der Waals surface area contributed by atoms with Crippen molar-refractivity contribution in [2.24, 2.45) is 0 Å². The minimum atomic E-state index is -0.147. The predicted octanol–water partition coefficient (Wildman–Crippen LogP) is 3.44. The van der Waals surface area contributed by atoms with E-state index < -0.39 is 0 Å². The van der Waals surface area contributed by atoms with Gasteiger partial charge in [0.05, 0.1) is 0 Å². The SMILES string of the molecule is CC1(C)C[C@@H](O)C[C@@H](c2ccc(Cl)cc2)[Se]1. The Labute approximate surface area is 108 Å². The molecule has 0 aromatic heterocycles. The summed E-state index contributed by atoms with van der Waals surface area (Å²) < 4.78 is 0.301. The second kappa shape index (κ2) is 4.70. The number of aliphatic hydroxyl groups is 1. The van der Waals surface area contributed by atoms with E-state index in [0.29, 0.717) is 24.1 Å². The van der Waals surface area contributed by atoms with E-state index in [9.17, 15) is 5.11 Å².